The minimum atomic E-state index is -1.11. The maximum Gasteiger partial charge on any atom is 0.242 e. The van der Waals surface area contributed by atoms with E-state index in [-0.39, 0.29) is 0 Å². The lowest BCUT2D eigenvalue weighted by molar-refractivity contribution is -0.125. The van der Waals surface area contributed by atoms with E-state index < -0.39 is 11.4 Å². The van der Waals surface area contributed by atoms with Crippen LogP contribution in [0.4, 0.5) is 0 Å². The number of carbonyl (C=O) groups is 1. The molecule has 0 saturated heterocycles. The molecule has 3 aromatic rings. The molecule has 0 saturated carbocycles. The van der Waals surface area contributed by atoms with Crippen LogP contribution in [-0.4, -0.2) is 15.9 Å². The van der Waals surface area contributed by atoms with Crippen molar-refractivity contribution < 1.29 is 4.79 Å². The van der Waals surface area contributed by atoms with Gasteiger partial charge in [-0.2, -0.15) is 0 Å². The number of carbonyl (C=O) groups excluding carboxylic acids is 1. The van der Waals surface area contributed by atoms with Gasteiger partial charge in [-0.3, -0.25) is 20.1 Å². The molecule has 0 spiro atoms. The predicted molar refractivity (Wildman–Crippen MR) is 101 cm³/mol. The average Bonchev–Trinajstić information content (AvgIpc) is 2.66. The van der Waals surface area contributed by atoms with Crippen molar-refractivity contribution in [2.75, 3.05) is 0 Å². The van der Waals surface area contributed by atoms with Crippen molar-refractivity contribution in [2.45, 2.75) is 18.5 Å². The van der Waals surface area contributed by atoms with Crippen LogP contribution in [0.15, 0.2) is 73.3 Å². The number of halogens is 1. The summed E-state index contributed by atoms with van der Waals surface area (Å²) >= 11 is 6.18. The third kappa shape index (κ3) is 4.07. The van der Waals surface area contributed by atoms with Gasteiger partial charge in [0.1, 0.15) is 5.54 Å². The van der Waals surface area contributed by atoms with Crippen molar-refractivity contribution in [1.29, 1.82) is 0 Å². The molecule has 0 bridgehead atoms. The Morgan fingerprint density at radius 1 is 1.04 bits per heavy atom. The molecule has 2 aromatic heterocycles. The van der Waals surface area contributed by atoms with Crippen molar-refractivity contribution in [3.8, 4) is 0 Å². The molecule has 0 fully saturated rings. The van der Waals surface area contributed by atoms with E-state index in [2.05, 4.69) is 15.3 Å². The van der Waals surface area contributed by atoms with E-state index in [1.807, 2.05) is 36.4 Å². The smallest absolute Gasteiger partial charge is 0.242 e. The number of benzene rings is 1. The van der Waals surface area contributed by atoms with Crippen molar-refractivity contribution in [1.82, 2.24) is 15.3 Å². The molecular formula is C20H19ClN4O. The summed E-state index contributed by atoms with van der Waals surface area (Å²) in [6, 6.07) is 14.7. The number of rotatable bonds is 7. The summed E-state index contributed by atoms with van der Waals surface area (Å²) in [6.45, 7) is 0.439. The molecule has 6 heteroatoms. The van der Waals surface area contributed by atoms with Crippen LogP contribution >= 0.6 is 11.6 Å². The van der Waals surface area contributed by atoms with E-state index in [1.54, 1.807) is 36.9 Å². The lowest BCUT2D eigenvalue weighted by Crippen LogP contribution is -2.54. The van der Waals surface area contributed by atoms with E-state index >= 15 is 0 Å². The second kappa shape index (κ2) is 8.08. The topological polar surface area (TPSA) is 80.9 Å². The average molecular weight is 367 g/mol. The first-order valence-electron chi connectivity index (χ1n) is 8.19. The number of nitrogens with two attached hydrogens (primary N) is 1. The summed E-state index contributed by atoms with van der Waals surface area (Å²) in [6.07, 6.45) is 7.23. The molecule has 2 heterocycles. The van der Waals surface area contributed by atoms with Gasteiger partial charge in [0.15, 0.2) is 0 Å². The molecule has 1 unspecified atom stereocenters. The number of nitrogens with one attached hydrogen (secondary N) is 1. The Morgan fingerprint density at radius 3 is 2.50 bits per heavy atom. The van der Waals surface area contributed by atoms with Crippen LogP contribution in [0.5, 0.6) is 0 Å². The summed E-state index contributed by atoms with van der Waals surface area (Å²) < 4.78 is 0. The maximum atomic E-state index is 12.6. The van der Waals surface area contributed by atoms with Crippen LogP contribution in [0.25, 0.3) is 0 Å². The van der Waals surface area contributed by atoms with E-state index in [1.165, 1.54) is 0 Å². The standard InChI is InChI=1S/C20H19ClN4O/c21-18-5-1-4-17(11-18)20(19(22)26,12-15-6-9-23-10-7-15)25-14-16-3-2-8-24-13-16/h1-11,13,25H,12,14H2,(H2,22,26). The van der Waals surface area contributed by atoms with Crippen molar-refractivity contribution in [3.05, 3.63) is 95.0 Å². The summed E-state index contributed by atoms with van der Waals surface area (Å²) in [4.78, 5) is 20.8. The summed E-state index contributed by atoms with van der Waals surface area (Å²) in [5, 5.41) is 3.89. The van der Waals surface area contributed by atoms with E-state index in [0.29, 0.717) is 18.0 Å². The Labute approximate surface area is 157 Å². The zero-order valence-corrected chi connectivity index (χ0v) is 14.9. The first-order valence-corrected chi connectivity index (χ1v) is 8.57. The molecule has 0 radical (unpaired) electrons. The van der Waals surface area contributed by atoms with Gasteiger partial charge in [-0.15, -0.1) is 0 Å². The fourth-order valence-electron chi connectivity index (χ4n) is 2.90. The fourth-order valence-corrected chi connectivity index (χ4v) is 3.09. The number of pyridine rings is 2. The highest BCUT2D eigenvalue weighted by Crippen LogP contribution is 2.28. The number of primary amides is 1. The summed E-state index contributed by atoms with van der Waals surface area (Å²) in [5.74, 6) is -0.472. The number of nitrogens with zero attached hydrogens (tertiary/aromatic N) is 2. The summed E-state index contributed by atoms with van der Waals surface area (Å²) in [5.41, 5.74) is 7.40. The molecule has 3 rings (SSSR count). The van der Waals surface area contributed by atoms with Gasteiger partial charge < -0.3 is 5.73 Å². The molecule has 5 nitrogen and oxygen atoms in total. The van der Waals surface area contributed by atoms with Crippen molar-refractivity contribution in [3.63, 3.8) is 0 Å². The molecular weight excluding hydrogens is 348 g/mol. The van der Waals surface area contributed by atoms with Gasteiger partial charge in [0, 0.05) is 42.8 Å². The molecule has 1 atom stereocenters. The van der Waals surface area contributed by atoms with Crippen LogP contribution in [0.2, 0.25) is 5.02 Å². The lowest BCUT2D eigenvalue weighted by atomic mass is 9.83. The number of hydrogen-bond acceptors (Lipinski definition) is 4. The van der Waals surface area contributed by atoms with Gasteiger partial charge in [0.2, 0.25) is 5.91 Å². The van der Waals surface area contributed by atoms with Crippen LogP contribution in [-0.2, 0) is 23.3 Å². The van der Waals surface area contributed by atoms with Gasteiger partial charge in [-0.25, -0.2) is 0 Å². The third-order valence-electron chi connectivity index (χ3n) is 4.27. The zero-order valence-electron chi connectivity index (χ0n) is 14.1. The largest absolute Gasteiger partial charge is 0.368 e. The Kier molecular flexibility index (Phi) is 5.61. The van der Waals surface area contributed by atoms with Gasteiger partial charge in [-0.1, -0.05) is 29.8 Å². The van der Waals surface area contributed by atoms with E-state index in [9.17, 15) is 4.79 Å². The van der Waals surface area contributed by atoms with Crippen LogP contribution in [0, 0.1) is 0 Å². The highest BCUT2D eigenvalue weighted by atomic mass is 35.5. The number of aromatic nitrogens is 2. The number of hydrogen-bond donors (Lipinski definition) is 2. The highest BCUT2D eigenvalue weighted by molar-refractivity contribution is 6.30. The Balaban J connectivity index is 2.01. The minimum Gasteiger partial charge on any atom is -0.368 e. The van der Waals surface area contributed by atoms with E-state index in [0.717, 1.165) is 16.7 Å². The quantitative estimate of drug-likeness (QED) is 0.673. The molecule has 0 aliphatic heterocycles. The molecule has 3 N–H and O–H groups in total. The molecule has 0 aliphatic carbocycles. The van der Waals surface area contributed by atoms with Crippen molar-refractivity contribution in [2.24, 2.45) is 5.73 Å². The SMILES string of the molecule is NC(=O)C(Cc1ccncc1)(NCc1cccnc1)c1cccc(Cl)c1. The second-order valence-corrected chi connectivity index (χ2v) is 6.46. The Hall–Kier alpha value is -2.76. The van der Waals surface area contributed by atoms with E-state index in [4.69, 9.17) is 17.3 Å². The van der Waals surface area contributed by atoms with Gasteiger partial charge in [0.05, 0.1) is 0 Å². The molecule has 1 aromatic carbocycles. The van der Waals surface area contributed by atoms with Crippen LogP contribution in [0.1, 0.15) is 16.7 Å². The molecule has 1 amide bonds. The molecule has 132 valence electrons. The number of amides is 1. The Bertz CT molecular complexity index is 873. The lowest BCUT2D eigenvalue weighted by Gasteiger charge is -2.33. The third-order valence-corrected chi connectivity index (χ3v) is 4.51. The predicted octanol–water partition coefficient (Wildman–Crippen LogP) is 2.84. The Morgan fingerprint density at radius 2 is 1.85 bits per heavy atom. The second-order valence-electron chi connectivity index (χ2n) is 6.03. The van der Waals surface area contributed by atoms with Gasteiger partial charge >= 0.3 is 0 Å². The first-order chi connectivity index (χ1) is 12.6. The normalized spacial score (nSPS) is 13.1. The maximum absolute atomic E-state index is 12.6. The van der Waals surface area contributed by atoms with Crippen LogP contribution < -0.4 is 11.1 Å². The summed E-state index contributed by atoms with van der Waals surface area (Å²) in [7, 11) is 0. The fraction of sp³-hybridized carbons (Fsp3) is 0.150. The minimum absolute atomic E-state index is 0.380. The van der Waals surface area contributed by atoms with Crippen molar-refractivity contribution >= 4 is 17.5 Å². The van der Waals surface area contributed by atoms with Gasteiger partial charge in [0.25, 0.3) is 0 Å². The van der Waals surface area contributed by atoms with Crippen LogP contribution in [0.3, 0.4) is 0 Å². The zero-order chi connectivity index (χ0) is 18.4. The highest BCUT2D eigenvalue weighted by Gasteiger charge is 2.38. The molecule has 26 heavy (non-hydrogen) atoms. The van der Waals surface area contributed by atoms with Gasteiger partial charge in [-0.05, 0) is 47.0 Å². The first kappa shape index (κ1) is 18.0. The molecule has 0 aliphatic rings. The monoisotopic (exact) mass is 366 g/mol.